The van der Waals surface area contributed by atoms with Gasteiger partial charge in [0.2, 0.25) is 0 Å². The molecular formula is C23H19N3O. The van der Waals surface area contributed by atoms with Gasteiger partial charge in [-0.2, -0.15) is 0 Å². The van der Waals surface area contributed by atoms with Crippen LogP contribution in [-0.2, 0) is 6.54 Å². The van der Waals surface area contributed by atoms with E-state index in [4.69, 9.17) is 4.98 Å². The summed E-state index contributed by atoms with van der Waals surface area (Å²) in [4.78, 5) is 21.8. The molecule has 0 saturated heterocycles. The van der Waals surface area contributed by atoms with Gasteiger partial charge in [0.1, 0.15) is 0 Å². The molecule has 0 aliphatic rings. The first-order valence-electron chi connectivity index (χ1n) is 8.84. The summed E-state index contributed by atoms with van der Waals surface area (Å²) in [6.07, 6.45) is 3.47. The first kappa shape index (κ1) is 16.9. The molecule has 0 fully saturated rings. The number of pyridine rings is 2. The summed E-state index contributed by atoms with van der Waals surface area (Å²) < 4.78 is 0. The largest absolute Gasteiger partial charge is 0.348 e. The van der Waals surface area contributed by atoms with E-state index in [-0.39, 0.29) is 5.91 Å². The molecule has 4 aromatic rings. The van der Waals surface area contributed by atoms with Crippen molar-refractivity contribution in [1.29, 1.82) is 0 Å². The molecule has 4 heteroatoms. The molecule has 2 heterocycles. The number of hydrogen-bond acceptors (Lipinski definition) is 3. The van der Waals surface area contributed by atoms with E-state index in [1.807, 2.05) is 67.6 Å². The van der Waals surface area contributed by atoms with Crippen LogP contribution in [0, 0.1) is 6.92 Å². The van der Waals surface area contributed by atoms with Crippen molar-refractivity contribution in [1.82, 2.24) is 15.3 Å². The molecule has 0 aliphatic heterocycles. The van der Waals surface area contributed by atoms with Gasteiger partial charge in [-0.05, 0) is 36.8 Å². The van der Waals surface area contributed by atoms with Crippen molar-refractivity contribution >= 4 is 16.8 Å². The fourth-order valence-corrected chi connectivity index (χ4v) is 3.10. The molecule has 0 unspecified atom stereocenters. The van der Waals surface area contributed by atoms with E-state index in [9.17, 15) is 4.79 Å². The van der Waals surface area contributed by atoms with Gasteiger partial charge in [0.15, 0.2) is 0 Å². The molecule has 27 heavy (non-hydrogen) atoms. The van der Waals surface area contributed by atoms with Gasteiger partial charge in [0, 0.05) is 29.9 Å². The lowest BCUT2D eigenvalue weighted by atomic mass is 10.0. The summed E-state index contributed by atoms with van der Waals surface area (Å²) in [6, 6.07) is 21.5. The Hall–Kier alpha value is -3.53. The van der Waals surface area contributed by atoms with Gasteiger partial charge in [-0.15, -0.1) is 0 Å². The van der Waals surface area contributed by atoms with Gasteiger partial charge in [-0.3, -0.25) is 9.78 Å². The number of aryl methyl sites for hydroxylation is 1. The van der Waals surface area contributed by atoms with Gasteiger partial charge < -0.3 is 5.32 Å². The zero-order valence-electron chi connectivity index (χ0n) is 15.0. The third-order valence-corrected chi connectivity index (χ3v) is 4.45. The normalized spacial score (nSPS) is 10.7. The van der Waals surface area contributed by atoms with Crippen LogP contribution in [0.15, 0.2) is 79.1 Å². The molecule has 0 atom stereocenters. The van der Waals surface area contributed by atoms with Gasteiger partial charge in [-0.1, -0.05) is 48.0 Å². The number of aromatic nitrogens is 2. The fourth-order valence-electron chi connectivity index (χ4n) is 3.10. The molecular weight excluding hydrogens is 334 g/mol. The van der Waals surface area contributed by atoms with Crippen LogP contribution >= 0.6 is 0 Å². The van der Waals surface area contributed by atoms with Crippen molar-refractivity contribution in [2.45, 2.75) is 13.5 Å². The monoisotopic (exact) mass is 353 g/mol. The Kier molecular flexibility index (Phi) is 4.62. The molecule has 0 aliphatic carbocycles. The number of para-hydroxylation sites is 1. The Morgan fingerprint density at radius 2 is 1.89 bits per heavy atom. The van der Waals surface area contributed by atoms with Crippen molar-refractivity contribution in [3.63, 3.8) is 0 Å². The Balaban J connectivity index is 1.73. The van der Waals surface area contributed by atoms with Crippen LogP contribution in [0.2, 0.25) is 0 Å². The highest BCUT2D eigenvalue weighted by Gasteiger charge is 2.14. The van der Waals surface area contributed by atoms with E-state index in [0.717, 1.165) is 33.3 Å². The van der Waals surface area contributed by atoms with Crippen molar-refractivity contribution in [3.05, 3.63) is 95.8 Å². The first-order valence-corrected chi connectivity index (χ1v) is 8.84. The smallest absolute Gasteiger partial charge is 0.252 e. The average Bonchev–Trinajstić information content (AvgIpc) is 2.72. The summed E-state index contributed by atoms with van der Waals surface area (Å²) in [5.41, 5.74) is 5.35. The summed E-state index contributed by atoms with van der Waals surface area (Å²) in [7, 11) is 0. The Bertz CT molecular complexity index is 1110. The van der Waals surface area contributed by atoms with Gasteiger partial charge in [0.05, 0.1) is 16.8 Å². The zero-order valence-corrected chi connectivity index (χ0v) is 15.0. The Morgan fingerprint density at radius 3 is 2.70 bits per heavy atom. The van der Waals surface area contributed by atoms with Gasteiger partial charge in [-0.25, -0.2) is 4.98 Å². The van der Waals surface area contributed by atoms with E-state index in [1.54, 1.807) is 12.4 Å². The molecule has 0 spiro atoms. The SMILES string of the molecule is Cc1cccc(-c2cc(C(=O)NCc3cccnc3)c3ccccc3n2)c1. The van der Waals surface area contributed by atoms with Gasteiger partial charge in [0.25, 0.3) is 5.91 Å². The highest BCUT2D eigenvalue weighted by atomic mass is 16.1. The van der Waals surface area contributed by atoms with Crippen LogP contribution in [0.1, 0.15) is 21.5 Å². The summed E-state index contributed by atoms with van der Waals surface area (Å²) in [5.74, 6) is -0.119. The number of fused-ring (bicyclic) bond motifs is 1. The molecule has 2 aromatic heterocycles. The standard InChI is InChI=1S/C23H19N3O/c1-16-6-4-8-18(12-16)22-13-20(19-9-2-3-10-21(19)26-22)23(27)25-15-17-7-5-11-24-14-17/h2-14H,15H2,1H3,(H,25,27). The van der Waals surface area contributed by atoms with Crippen molar-refractivity contribution in [2.24, 2.45) is 0 Å². The molecule has 4 rings (SSSR count). The second-order valence-electron chi connectivity index (χ2n) is 6.49. The number of rotatable bonds is 4. The number of carbonyl (C=O) groups excluding carboxylic acids is 1. The molecule has 4 nitrogen and oxygen atoms in total. The van der Waals surface area contributed by atoms with Crippen LogP contribution in [0.5, 0.6) is 0 Å². The van der Waals surface area contributed by atoms with E-state index in [0.29, 0.717) is 12.1 Å². The minimum atomic E-state index is -0.119. The molecule has 132 valence electrons. The van der Waals surface area contributed by atoms with Crippen LogP contribution in [-0.4, -0.2) is 15.9 Å². The minimum absolute atomic E-state index is 0.119. The number of benzene rings is 2. The lowest BCUT2D eigenvalue weighted by Crippen LogP contribution is -2.23. The third kappa shape index (κ3) is 3.70. The molecule has 0 bridgehead atoms. The number of hydrogen-bond donors (Lipinski definition) is 1. The molecule has 1 N–H and O–H groups in total. The van der Waals surface area contributed by atoms with E-state index in [1.165, 1.54) is 0 Å². The number of amides is 1. The second-order valence-corrected chi connectivity index (χ2v) is 6.49. The highest BCUT2D eigenvalue weighted by molar-refractivity contribution is 6.07. The maximum Gasteiger partial charge on any atom is 0.252 e. The Labute approximate surface area is 157 Å². The quantitative estimate of drug-likeness (QED) is 0.586. The van der Waals surface area contributed by atoms with Crippen LogP contribution in [0.3, 0.4) is 0 Å². The van der Waals surface area contributed by atoms with Crippen molar-refractivity contribution < 1.29 is 4.79 Å². The van der Waals surface area contributed by atoms with Crippen LogP contribution < -0.4 is 5.32 Å². The summed E-state index contributed by atoms with van der Waals surface area (Å²) >= 11 is 0. The van der Waals surface area contributed by atoms with E-state index in [2.05, 4.69) is 16.4 Å². The van der Waals surface area contributed by atoms with Crippen molar-refractivity contribution in [3.8, 4) is 11.3 Å². The average molecular weight is 353 g/mol. The Morgan fingerprint density at radius 1 is 1.00 bits per heavy atom. The molecule has 0 radical (unpaired) electrons. The minimum Gasteiger partial charge on any atom is -0.348 e. The maximum absolute atomic E-state index is 12.9. The highest BCUT2D eigenvalue weighted by Crippen LogP contribution is 2.25. The number of nitrogens with zero attached hydrogens (tertiary/aromatic N) is 2. The number of carbonyl (C=O) groups is 1. The second kappa shape index (κ2) is 7.38. The van der Waals surface area contributed by atoms with Gasteiger partial charge >= 0.3 is 0 Å². The van der Waals surface area contributed by atoms with Crippen LogP contribution in [0.4, 0.5) is 0 Å². The zero-order chi connectivity index (χ0) is 18.6. The predicted octanol–water partition coefficient (Wildman–Crippen LogP) is 4.54. The number of nitrogens with one attached hydrogen (secondary N) is 1. The molecule has 1 amide bonds. The molecule has 2 aromatic carbocycles. The first-order chi connectivity index (χ1) is 13.2. The molecule has 0 saturated carbocycles. The third-order valence-electron chi connectivity index (χ3n) is 4.45. The summed E-state index contributed by atoms with van der Waals surface area (Å²) in [5, 5.41) is 3.84. The van der Waals surface area contributed by atoms with Crippen LogP contribution in [0.25, 0.3) is 22.2 Å². The predicted molar refractivity (Wildman–Crippen MR) is 107 cm³/mol. The lowest BCUT2D eigenvalue weighted by Gasteiger charge is -2.11. The lowest BCUT2D eigenvalue weighted by molar-refractivity contribution is 0.0952. The van der Waals surface area contributed by atoms with Crippen molar-refractivity contribution in [2.75, 3.05) is 0 Å². The fraction of sp³-hybridized carbons (Fsp3) is 0.0870. The van der Waals surface area contributed by atoms with E-state index >= 15 is 0 Å². The topological polar surface area (TPSA) is 54.9 Å². The summed E-state index contributed by atoms with van der Waals surface area (Å²) in [6.45, 7) is 2.48. The van der Waals surface area contributed by atoms with E-state index < -0.39 is 0 Å². The maximum atomic E-state index is 12.9.